The minimum Gasteiger partial charge on any atom is -0.388 e. The molecule has 10 nitrogen and oxygen atoms in total. The minimum atomic E-state index is -0.583. The van der Waals surface area contributed by atoms with Crippen LogP contribution in [-0.4, -0.2) is 110 Å². The van der Waals surface area contributed by atoms with Crippen molar-refractivity contribution in [2.75, 3.05) is 76.7 Å². The van der Waals surface area contributed by atoms with Crippen LogP contribution in [-0.2, 0) is 4.79 Å². The van der Waals surface area contributed by atoms with Crippen LogP contribution in [0, 0.1) is 0 Å². The first-order valence-corrected chi connectivity index (χ1v) is 12.5. The highest BCUT2D eigenvalue weighted by molar-refractivity contribution is 6.19. The van der Waals surface area contributed by atoms with Crippen molar-refractivity contribution >= 4 is 34.9 Å². The molecule has 5 rings (SSSR count). The van der Waals surface area contributed by atoms with E-state index in [0.29, 0.717) is 36.7 Å². The number of aliphatic imine (C=N–C) groups is 1. The van der Waals surface area contributed by atoms with Crippen LogP contribution in [0.5, 0.6) is 0 Å². The highest BCUT2D eigenvalue weighted by atomic mass is 16.3. The molecule has 1 atom stereocenters. The first-order chi connectivity index (χ1) is 17.8. The molecule has 0 bridgehead atoms. The van der Waals surface area contributed by atoms with E-state index < -0.39 is 12.4 Å². The third-order valence-corrected chi connectivity index (χ3v) is 7.41. The zero-order valence-electron chi connectivity index (χ0n) is 21.2. The largest absolute Gasteiger partial charge is 0.388 e. The molecule has 3 heterocycles. The number of hydrogen-bond donors (Lipinski definition) is 2. The van der Waals surface area contributed by atoms with E-state index in [4.69, 9.17) is 10.1 Å². The summed E-state index contributed by atoms with van der Waals surface area (Å²) in [5.41, 5.74) is 3.50. The fourth-order valence-corrected chi connectivity index (χ4v) is 4.97. The zero-order valence-corrected chi connectivity index (χ0v) is 21.2. The van der Waals surface area contributed by atoms with E-state index in [1.807, 2.05) is 24.3 Å². The number of aliphatic hydroxyl groups excluding tert-OH is 1. The van der Waals surface area contributed by atoms with Crippen molar-refractivity contribution in [3.05, 3.63) is 59.2 Å². The van der Waals surface area contributed by atoms with Crippen LogP contribution in [0.1, 0.15) is 27.4 Å². The lowest BCUT2D eigenvalue weighted by Crippen LogP contribution is -2.49. The van der Waals surface area contributed by atoms with Gasteiger partial charge in [0.2, 0.25) is 5.91 Å². The highest BCUT2D eigenvalue weighted by Crippen LogP contribution is 2.31. The molecule has 0 aromatic heterocycles. The fraction of sp³-hybridized carbons (Fsp3) is 0.407. The quantitative estimate of drug-likeness (QED) is 0.577. The molecule has 37 heavy (non-hydrogen) atoms. The molecule has 2 aromatic rings. The van der Waals surface area contributed by atoms with E-state index >= 15 is 0 Å². The lowest BCUT2D eigenvalue weighted by atomic mass is 9.94. The summed E-state index contributed by atoms with van der Waals surface area (Å²) in [5, 5.41) is 12.0. The maximum Gasteiger partial charge on any atom is 0.327 e. The van der Waals surface area contributed by atoms with Crippen LogP contribution in [0.25, 0.3) is 0 Å². The predicted molar refractivity (Wildman–Crippen MR) is 142 cm³/mol. The van der Waals surface area contributed by atoms with Crippen molar-refractivity contribution in [2.24, 2.45) is 4.99 Å². The zero-order chi connectivity index (χ0) is 26.1. The molecule has 0 saturated carbocycles. The van der Waals surface area contributed by atoms with Crippen molar-refractivity contribution in [3.8, 4) is 0 Å². The molecule has 194 valence electrons. The Kier molecular flexibility index (Phi) is 7.05. The second-order valence-electron chi connectivity index (χ2n) is 9.87. The molecule has 2 aromatic carbocycles. The van der Waals surface area contributed by atoms with Crippen molar-refractivity contribution in [2.45, 2.75) is 5.92 Å². The number of nitrogens with zero attached hydrogens (tertiary/aromatic N) is 5. The van der Waals surface area contributed by atoms with Gasteiger partial charge in [-0.2, -0.15) is 0 Å². The van der Waals surface area contributed by atoms with E-state index in [1.54, 1.807) is 35.0 Å². The van der Waals surface area contributed by atoms with Crippen LogP contribution in [0.15, 0.2) is 47.5 Å². The molecular weight excluding hydrogens is 472 g/mol. The Morgan fingerprint density at radius 3 is 2.54 bits per heavy atom. The number of hydrogen-bond acceptors (Lipinski definition) is 7. The molecule has 3 amide bonds. The number of piperazine rings is 1. The second-order valence-corrected chi connectivity index (χ2v) is 9.87. The average molecular weight is 505 g/mol. The van der Waals surface area contributed by atoms with Gasteiger partial charge in [-0.05, 0) is 36.9 Å². The molecular formula is C27H32N6O4. The van der Waals surface area contributed by atoms with Gasteiger partial charge in [-0.3, -0.25) is 24.4 Å². The first-order valence-electron chi connectivity index (χ1n) is 12.5. The van der Waals surface area contributed by atoms with Gasteiger partial charge in [0.15, 0.2) is 5.78 Å². The molecule has 2 N–H and O–H groups in total. The van der Waals surface area contributed by atoms with Crippen molar-refractivity contribution in [1.29, 1.82) is 0 Å². The van der Waals surface area contributed by atoms with Crippen LogP contribution in [0.2, 0.25) is 0 Å². The van der Waals surface area contributed by atoms with Gasteiger partial charge in [0.1, 0.15) is 12.4 Å². The predicted octanol–water partition coefficient (Wildman–Crippen LogP) is 1.46. The van der Waals surface area contributed by atoms with Gasteiger partial charge >= 0.3 is 6.03 Å². The summed E-state index contributed by atoms with van der Waals surface area (Å²) < 4.78 is 0. The smallest absolute Gasteiger partial charge is 0.327 e. The van der Waals surface area contributed by atoms with Gasteiger partial charge in [0.05, 0.1) is 12.2 Å². The van der Waals surface area contributed by atoms with E-state index in [2.05, 4.69) is 22.2 Å². The summed E-state index contributed by atoms with van der Waals surface area (Å²) in [6.45, 7) is 4.57. The lowest BCUT2D eigenvalue weighted by molar-refractivity contribution is -0.119. The summed E-state index contributed by atoms with van der Waals surface area (Å²) in [4.78, 5) is 50.0. The van der Waals surface area contributed by atoms with Crippen molar-refractivity contribution in [3.63, 3.8) is 0 Å². The SMILES string of the molecule is CN1CCN(CC(=O)N(C)c2ccc(C3CN=C4c5ccc(C(=O)CO)cc5NC(=O)N4C3)cc2)CC1. The molecule has 3 aliphatic rings. The molecule has 3 aliphatic heterocycles. The number of fused-ring (bicyclic) bond motifs is 3. The third-order valence-electron chi connectivity index (χ3n) is 7.41. The number of urea groups is 1. The Hall–Kier alpha value is -3.60. The van der Waals surface area contributed by atoms with E-state index in [1.165, 1.54) is 0 Å². The number of Topliss-reactive ketones (excluding diaryl/α,β-unsaturated/α-hetero) is 1. The Morgan fingerprint density at radius 1 is 1.11 bits per heavy atom. The third kappa shape index (κ3) is 5.13. The monoisotopic (exact) mass is 504 g/mol. The van der Waals surface area contributed by atoms with Crippen LogP contribution in [0.3, 0.4) is 0 Å². The van der Waals surface area contributed by atoms with Crippen LogP contribution < -0.4 is 10.2 Å². The number of carbonyl (C=O) groups excluding carboxylic acids is 3. The number of aliphatic hydroxyl groups is 1. The van der Waals surface area contributed by atoms with E-state index in [9.17, 15) is 14.4 Å². The number of amidine groups is 1. The van der Waals surface area contributed by atoms with Crippen LogP contribution >= 0.6 is 0 Å². The normalized spacial score (nSPS) is 20.0. The first kappa shape index (κ1) is 25.1. The number of likely N-dealkylation sites (N-methyl/N-ethyl adjacent to an activating group) is 2. The van der Waals surface area contributed by atoms with Gasteiger partial charge in [0.25, 0.3) is 0 Å². The van der Waals surface area contributed by atoms with E-state index in [0.717, 1.165) is 43.0 Å². The summed E-state index contributed by atoms with van der Waals surface area (Å²) in [6, 6.07) is 12.6. The average Bonchev–Trinajstić information content (AvgIpc) is 2.93. The van der Waals surface area contributed by atoms with Crippen LogP contribution in [0.4, 0.5) is 16.2 Å². The molecule has 10 heteroatoms. The molecule has 1 unspecified atom stereocenters. The second kappa shape index (κ2) is 10.4. The Morgan fingerprint density at radius 2 is 1.84 bits per heavy atom. The Balaban J connectivity index is 1.26. The maximum atomic E-state index is 12.9. The molecule has 0 radical (unpaired) electrons. The fourth-order valence-electron chi connectivity index (χ4n) is 4.97. The van der Waals surface area contributed by atoms with Gasteiger partial charge in [-0.25, -0.2) is 4.79 Å². The van der Waals surface area contributed by atoms with E-state index in [-0.39, 0.29) is 17.9 Å². The van der Waals surface area contributed by atoms with Crippen molar-refractivity contribution in [1.82, 2.24) is 14.7 Å². The minimum absolute atomic E-state index is 0.0201. The van der Waals surface area contributed by atoms with Gasteiger partial charge < -0.3 is 20.2 Å². The molecule has 0 spiro atoms. The summed E-state index contributed by atoms with van der Waals surface area (Å²) >= 11 is 0. The number of ketones is 1. The topological polar surface area (TPSA) is 109 Å². The number of carbonyl (C=O) groups is 3. The summed E-state index contributed by atoms with van der Waals surface area (Å²) in [6.07, 6.45) is 0. The number of anilines is 2. The standard InChI is InChI=1S/C27H32N6O4/c1-30-9-11-32(12-10-30)16-25(36)31(2)21-6-3-18(4-7-21)20-14-28-26-22-8-5-19(24(35)17-34)13-23(22)29-27(37)33(26)15-20/h3-8,13,20,34H,9-12,14-17H2,1-2H3,(H,29,37). The van der Waals surface area contributed by atoms with Gasteiger partial charge in [0, 0.05) is 69.0 Å². The summed E-state index contributed by atoms with van der Waals surface area (Å²) in [7, 11) is 3.90. The van der Waals surface area contributed by atoms with Gasteiger partial charge in [-0.1, -0.05) is 18.2 Å². The molecule has 0 aliphatic carbocycles. The molecule has 1 saturated heterocycles. The van der Waals surface area contributed by atoms with Crippen molar-refractivity contribution < 1.29 is 19.5 Å². The maximum absolute atomic E-state index is 12.9. The van der Waals surface area contributed by atoms with Gasteiger partial charge in [-0.15, -0.1) is 0 Å². The molecule has 1 fully saturated rings. The number of nitrogens with one attached hydrogen (secondary N) is 1. The summed E-state index contributed by atoms with van der Waals surface area (Å²) in [5.74, 6) is 0.271. The number of benzene rings is 2. The number of rotatable bonds is 6. The lowest BCUT2D eigenvalue weighted by Gasteiger charge is -2.36. The Bertz CT molecular complexity index is 1240. The Labute approximate surface area is 216 Å². The number of amides is 3. The highest BCUT2D eigenvalue weighted by Gasteiger charge is 2.34.